The Balaban J connectivity index is 1.18. The zero-order valence-electron chi connectivity index (χ0n) is 24.7. The second kappa shape index (κ2) is 10.6. The average molecular weight is 655 g/mol. The van der Waals surface area contributed by atoms with Gasteiger partial charge in [-0.05, 0) is 42.5 Å². The number of hydrogen-bond donors (Lipinski definition) is 0. The van der Waals surface area contributed by atoms with Gasteiger partial charge in [0.25, 0.3) is 0 Å². The number of thiophene rings is 2. The Bertz CT molecular complexity index is 2780. The predicted molar refractivity (Wildman–Crippen MR) is 201 cm³/mol. The molecule has 0 aliphatic carbocycles. The Hall–Kier alpha value is -5.34. The van der Waals surface area contributed by atoms with E-state index in [1.807, 2.05) is 24.3 Å². The van der Waals surface area contributed by atoms with Crippen molar-refractivity contribution in [1.29, 1.82) is 0 Å². The standard InChI is InChI=1S/C40H22N4S3/c1-2-10-23(11-3-1)37-42-38(28-15-8-13-26-25-12-4-6-18-32(25)45-35(26)28)44-39(43-37)29-16-9-14-27-30-22-24(20-21-33(30)46-36(27)29)40-41-31-17-5-7-19-34(31)47-40/h1-22H. The highest BCUT2D eigenvalue weighted by Gasteiger charge is 2.19. The molecule has 0 saturated carbocycles. The summed E-state index contributed by atoms with van der Waals surface area (Å²) in [5.41, 5.74) is 5.17. The van der Waals surface area contributed by atoms with Crippen LogP contribution in [0.4, 0.5) is 0 Å². The van der Waals surface area contributed by atoms with E-state index >= 15 is 0 Å². The van der Waals surface area contributed by atoms with E-state index in [-0.39, 0.29) is 0 Å². The second-order valence-electron chi connectivity index (χ2n) is 11.4. The van der Waals surface area contributed by atoms with E-state index in [9.17, 15) is 0 Å². The number of nitrogens with zero attached hydrogens (tertiary/aromatic N) is 4. The van der Waals surface area contributed by atoms with Crippen molar-refractivity contribution in [2.45, 2.75) is 0 Å². The summed E-state index contributed by atoms with van der Waals surface area (Å²) >= 11 is 5.31. The molecular weight excluding hydrogens is 633 g/mol. The predicted octanol–water partition coefficient (Wildman–Crippen LogP) is 11.9. The van der Waals surface area contributed by atoms with Gasteiger partial charge < -0.3 is 0 Å². The maximum Gasteiger partial charge on any atom is 0.165 e. The Kier molecular flexibility index (Phi) is 6.05. The largest absolute Gasteiger partial charge is 0.236 e. The monoisotopic (exact) mass is 654 g/mol. The fourth-order valence-corrected chi connectivity index (χ4v) is 9.73. The molecule has 10 aromatic rings. The van der Waals surface area contributed by atoms with Gasteiger partial charge in [-0.2, -0.15) is 0 Å². The third kappa shape index (κ3) is 4.39. The minimum Gasteiger partial charge on any atom is -0.236 e. The van der Waals surface area contributed by atoms with E-state index in [0.29, 0.717) is 17.5 Å². The lowest BCUT2D eigenvalue weighted by Gasteiger charge is -2.09. The van der Waals surface area contributed by atoms with Crippen molar-refractivity contribution in [3.63, 3.8) is 0 Å². The van der Waals surface area contributed by atoms with Crippen molar-refractivity contribution in [2.24, 2.45) is 0 Å². The molecule has 0 aliphatic rings. The molecule has 4 heterocycles. The highest BCUT2D eigenvalue weighted by Crippen LogP contribution is 2.43. The normalized spacial score (nSPS) is 11.8. The summed E-state index contributed by atoms with van der Waals surface area (Å²) < 4.78 is 6.04. The second-order valence-corrected chi connectivity index (χ2v) is 14.6. The first-order valence-electron chi connectivity index (χ1n) is 15.3. The van der Waals surface area contributed by atoms with Crippen LogP contribution >= 0.6 is 34.0 Å². The summed E-state index contributed by atoms with van der Waals surface area (Å²) in [5, 5.41) is 5.93. The molecule has 0 amide bonds. The quantitative estimate of drug-likeness (QED) is 0.189. The number of rotatable bonds is 4. The van der Waals surface area contributed by atoms with E-state index in [2.05, 4.69) is 109 Å². The topological polar surface area (TPSA) is 51.6 Å². The first kappa shape index (κ1) is 26.8. The zero-order valence-corrected chi connectivity index (χ0v) is 27.2. The summed E-state index contributed by atoms with van der Waals surface area (Å²) in [7, 11) is 0. The summed E-state index contributed by atoms with van der Waals surface area (Å²) in [6.45, 7) is 0. The summed E-state index contributed by atoms with van der Waals surface area (Å²) in [6.07, 6.45) is 0. The van der Waals surface area contributed by atoms with Crippen LogP contribution in [-0.2, 0) is 0 Å². The van der Waals surface area contributed by atoms with Crippen molar-refractivity contribution >= 4 is 84.6 Å². The van der Waals surface area contributed by atoms with Crippen LogP contribution in [0.25, 0.3) is 95.3 Å². The van der Waals surface area contributed by atoms with Gasteiger partial charge in [0.2, 0.25) is 0 Å². The smallest absolute Gasteiger partial charge is 0.165 e. The molecule has 220 valence electrons. The van der Waals surface area contributed by atoms with E-state index in [4.69, 9.17) is 19.9 Å². The molecule has 0 bridgehead atoms. The van der Waals surface area contributed by atoms with Gasteiger partial charge in [-0.15, -0.1) is 34.0 Å². The third-order valence-electron chi connectivity index (χ3n) is 8.59. The molecule has 0 fully saturated rings. The maximum atomic E-state index is 5.21. The van der Waals surface area contributed by atoms with E-state index in [0.717, 1.165) is 32.8 Å². The van der Waals surface area contributed by atoms with Crippen LogP contribution in [0.3, 0.4) is 0 Å². The van der Waals surface area contributed by atoms with Gasteiger partial charge in [-0.25, -0.2) is 19.9 Å². The van der Waals surface area contributed by atoms with Gasteiger partial charge in [0.05, 0.1) is 10.2 Å². The molecule has 7 heteroatoms. The summed E-state index contributed by atoms with van der Waals surface area (Å²) in [5.74, 6) is 2.03. The highest BCUT2D eigenvalue weighted by molar-refractivity contribution is 7.26. The molecule has 4 aromatic heterocycles. The number of hydrogen-bond acceptors (Lipinski definition) is 7. The molecule has 0 unspecified atom stereocenters. The Morgan fingerprint density at radius 2 is 0.957 bits per heavy atom. The molecule has 10 rings (SSSR count). The summed E-state index contributed by atoms with van der Waals surface area (Å²) in [4.78, 5) is 20.3. The van der Waals surface area contributed by atoms with Crippen LogP contribution in [0.15, 0.2) is 133 Å². The molecule has 0 spiro atoms. The molecule has 0 aliphatic heterocycles. The van der Waals surface area contributed by atoms with Gasteiger partial charge in [-0.3, -0.25) is 0 Å². The minimum absolute atomic E-state index is 0.667. The van der Waals surface area contributed by atoms with Gasteiger partial charge in [-0.1, -0.05) is 91.0 Å². The fourth-order valence-electron chi connectivity index (χ4n) is 6.36. The fraction of sp³-hybridized carbons (Fsp3) is 0. The molecular formula is C40H22N4S3. The molecule has 0 radical (unpaired) electrons. The first-order chi connectivity index (χ1) is 23.3. The van der Waals surface area contributed by atoms with E-state index < -0.39 is 0 Å². The third-order valence-corrected chi connectivity index (χ3v) is 12.1. The van der Waals surface area contributed by atoms with Crippen molar-refractivity contribution in [2.75, 3.05) is 0 Å². The minimum atomic E-state index is 0.667. The van der Waals surface area contributed by atoms with Gasteiger partial charge >= 0.3 is 0 Å². The SMILES string of the molecule is c1ccc(-c2nc(-c3cccc4c3sc3ccccc34)nc(-c3cccc4c3sc3ccc(-c5nc6ccccc6s5)cc34)n2)cc1. The van der Waals surface area contributed by atoms with Crippen LogP contribution in [0.1, 0.15) is 0 Å². The van der Waals surface area contributed by atoms with Crippen LogP contribution in [0, 0.1) is 0 Å². The number of fused-ring (bicyclic) bond motifs is 7. The van der Waals surface area contributed by atoms with Crippen molar-refractivity contribution < 1.29 is 0 Å². The van der Waals surface area contributed by atoms with Gasteiger partial charge in [0, 0.05) is 62.6 Å². The van der Waals surface area contributed by atoms with Crippen molar-refractivity contribution in [3.8, 4) is 44.7 Å². The maximum absolute atomic E-state index is 5.21. The number of aromatic nitrogens is 4. The van der Waals surface area contributed by atoms with Gasteiger partial charge in [0.15, 0.2) is 17.5 Å². The van der Waals surface area contributed by atoms with Gasteiger partial charge in [0.1, 0.15) is 5.01 Å². The summed E-state index contributed by atoms with van der Waals surface area (Å²) in [6, 6.07) is 46.7. The molecule has 0 atom stereocenters. The number of thiazole rings is 1. The average Bonchev–Trinajstić information content (AvgIpc) is 3.85. The van der Waals surface area contributed by atoms with Crippen LogP contribution < -0.4 is 0 Å². The lowest BCUT2D eigenvalue weighted by molar-refractivity contribution is 1.08. The Labute approximate surface area is 281 Å². The van der Waals surface area contributed by atoms with Crippen molar-refractivity contribution in [3.05, 3.63) is 133 Å². The van der Waals surface area contributed by atoms with Crippen LogP contribution in [0.5, 0.6) is 0 Å². The molecule has 0 saturated heterocycles. The molecule has 0 N–H and O–H groups in total. The van der Waals surface area contributed by atoms with Crippen molar-refractivity contribution in [1.82, 2.24) is 19.9 Å². The number of para-hydroxylation sites is 1. The molecule has 4 nitrogen and oxygen atoms in total. The first-order valence-corrected chi connectivity index (χ1v) is 17.8. The molecule has 47 heavy (non-hydrogen) atoms. The molecule has 6 aromatic carbocycles. The Morgan fingerprint density at radius 1 is 0.362 bits per heavy atom. The lowest BCUT2D eigenvalue weighted by Crippen LogP contribution is -2.00. The highest BCUT2D eigenvalue weighted by atomic mass is 32.1. The lowest BCUT2D eigenvalue weighted by atomic mass is 10.1. The Morgan fingerprint density at radius 3 is 1.70 bits per heavy atom. The zero-order chi connectivity index (χ0) is 30.9. The van der Waals surface area contributed by atoms with Crippen LogP contribution in [-0.4, -0.2) is 19.9 Å². The van der Waals surface area contributed by atoms with E-state index in [1.165, 1.54) is 45.0 Å². The number of benzene rings is 6. The van der Waals surface area contributed by atoms with Crippen LogP contribution in [0.2, 0.25) is 0 Å². The van der Waals surface area contributed by atoms with E-state index in [1.54, 1.807) is 34.0 Å².